The lowest BCUT2D eigenvalue weighted by Gasteiger charge is -2.11. The number of carbonyl (C=O) groups excluding carboxylic acids is 2. The van der Waals surface area contributed by atoms with Gasteiger partial charge in [0.2, 0.25) is 0 Å². The van der Waals surface area contributed by atoms with Crippen LogP contribution < -0.4 is 0 Å². The Hall–Kier alpha value is -1.33. The van der Waals surface area contributed by atoms with Gasteiger partial charge in [-0.3, -0.25) is 9.36 Å². The van der Waals surface area contributed by atoms with Crippen molar-refractivity contribution >= 4 is 50.2 Å². The molecule has 0 radical (unpaired) electrons. The first-order chi connectivity index (χ1) is 8.95. The number of carbonyl (C=O) groups is 2. The molecule has 0 spiro atoms. The van der Waals surface area contributed by atoms with Gasteiger partial charge in [-0.1, -0.05) is 27.5 Å². The van der Waals surface area contributed by atoms with Crippen molar-refractivity contribution in [1.29, 1.82) is 0 Å². The Morgan fingerprint density at radius 3 is 2.63 bits per heavy atom. The summed E-state index contributed by atoms with van der Waals surface area (Å²) in [5.41, 5.74) is 1.16. The van der Waals surface area contributed by atoms with Gasteiger partial charge in [0.05, 0.1) is 10.8 Å². The van der Waals surface area contributed by atoms with E-state index in [-0.39, 0.29) is 17.1 Å². The van der Waals surface area contributed by atoms with Crippen molar-refractivity contribution in [3.05, 3.63) is 35.0 Å². The highest BCUT2D eigenvalue weighted by Gasteiger charge is 2.18. The van der Waals surface area contributed by atoms with Crippen LogP contribution in [0.25, 0.3) is 10.9 Å². The average Bonchev–Trinajstić information content (AvgIpc) is 2.75. The molecule has 0 aliphatic rings. The number of fused-ring (bicyclic) bond motifs is 1. The second kappa shape index (κ2) is 5.35. The molecular formula is C13H12BrClN2O2. The van der Waals surface area contributed by atoms with Crippen molar-refractivity contribution in [2.24, 2.45) is 0 Å². The predicted octanol–water partition coefficient (Wildman–Crippen LogP) is 3.40. The zero-order chi connectivity index (χ0) is 14.2. The van der Waals surface area contributed by atoms with Gasteiger partial charge < -0.3 is 4.90 Å². The molecule has 0 N–H and O–H groups in total. The lowest BCUT2D eigenvalue weighted by atomic mass is 10.1. The summed E-state index contributed by atoms with van der Waals surface area (Å²) >= 11 is 9.11. The first-order valence-electron chi connectivity index (χ1n) is 5.57. The van der Waals surface area contributed by atoms with Crippen molar-refractivity contribution in [3.8, 4) is 0 Å². The molecule has 6 heteroatoms. The highest BCUT2D eigenvalue weighted by atomic mass is 79.9. The number of Topliss-reactive ketones (excluding diaryl/α,β-unsaturated/α-hetero) is 1. The Bertz CT molecular complexity index is 664. The third kappa shape index (κ3) is 2.53. The van der Waals surface area contributed by atoms with E-state index in [9.17, 15) is 9.59 Å². The first-order valence-corrected chi connectivity index (χ1v) is 7.07. The molecule has 100 valence electrons. The molecule has 1 heterocycles. The highest BCUT2D eigenvalue weighted by Crippen LogP contribution is 2.26. The van der Waals surface area contributed by atoms with E-state index in [1.165, 1.54) is 9.47 Å². The average molecular weight is 344 g/mol. The van der Waals surface area contributed by atoms with E-state index >= 15 is 0 Å². The third-order valence-electron chi connectivity index (χ3n) is 2.78. The van der Waals surface area contributed by atoms with E-state index in [1.807, 2.05) is 0 Å². The molecule has 0 bridgehead atoms. The normalized spacial score (nSPS) is 10.7. The summed E-state index contributed by atoms with van der Waals surface area (Å²) in [5.74, 6) is -0.0856. The van der Waals surface area contributed by atoms with Crippen LogP contribution in [0.2, 0.25) is 5.02 Å². The van der Waals surface area contributed by atoms with Crippen LogP contribution in [0.5, 0.6) is 0 Å². The molecule has 0 fully saturated rings. The summed E-state index contributed by atoms with van der Waals surface area (Å²) in [5, 5.41) is 1.42. The summed E-state index contributed by atoms with van der Waals surface area (Å²) in [7, 11) is 3.33. The molecule has 2 aromatic rings. The minimum atomic E-state index is -0.207. The minimum absolute atomic E-state index is 0.0856. The van der Waals surface area contributed by atoms with Crippen molar-refractivity contribution in [2.75, 3.05) is 19.4 Å². The van der Waals surface area contributed by atoms with Crippen LogP contribution in [0.1, 0.15) is 10.4 Å². The number of amides is 1. The van der Waals surface area contributed by atoms with Gasteiger partial charge in [0.15, 0.2) is 5.78 Å². The van der Waals surface area contributed by atoms with E-state index in [1.54, 1.807) is 38.5 Å². The van der Waals surface area contributed by atoms with E-state index in [2.05, 4.69) is 15.9 Å². The molecule has 0 aliphatic carbocycles. The molecule has 19 heavy (non-hydrogen) atoms. The van der Waals surface area contributed by atoms with E-state index in [4.69, 9.17) is 11.6 Å². The molecular weight excluding hydrogens is 332 g/mol. The zero-order valence-electron chi connectivity index (χ0n) is 10.5. The van der Waals surface area contributed by atoms with Crippen LogP contribution in [0.4, 0.5) is 4.79 Å². The van der Waals surface area contributed by atoms with E-state index < -0.39 is 0 Å². The monoisotopic (exact) mass is 342 g/mol. The molecule has 0 aliphatic heterocycles. The Morgan fingerprint density at radius 2 is 2.05 bits per heavy atom. The largest absolute Gasteiger partial charge is 0.330 e. The number of ketones is 1. The fraction of sp³-hybridized carbons (Fsp3) is 0.231. The van der Waals surface area contributed by atoms with Gasteiger partial charge >= 0.3 is 6.03 Å². The van der Waals surface area contributed by atoms with Crippen molar-refractivity contribution in [3.63, 3.8) is 0 Å². The Morgan fingerprint density at radius 1 is 1.37 bits per heavy atom. The van der Waals surface area contributed by atoms with Crippen molar-refractivity contribution in [1.82, 2.24) is 9.47 Å². The van der Waals surface area contributed by atoms with Crippen LogP contribution in [0, 0.1) is 0 Å². The standard InChI is InChI=1S/C13H12BrClN2O2/c1-16(2)13(19)17-7-10(12(18)6-14)9-5-8(15)3-4-11(9)17/h3-5,7H,6H2,1-2H3. The summed E-state index contributed by atoms with van der Waals surface area (Å²) in [6.07, 6.45) is 1.56. The van der Waals surface area contributed by atoms with Crippen molar-refractivity contribution < 1.29 is 9.59 Å². The summed E-state index contributed by atoms with van der Waals surface area (Å²) < 4.78 is 1.46. The molecule has 0 saturated heterocycles. The fourth-order valence-electron chi connectivity index (χ4n) is 1.87. The Balaban J connectivity index is 2.73. The van der Waals surface area contributed by atoms with Gasteiger partial charge in [-0.2, -0.15) is 0 Å². The summed E-state index contributed by atoms with van der Waals surface area (Å²) in [4.78, 5) is 25.5. The second-order valence-electron chi connectivity index (χ2n) is 4.31. The third-order valence-corrected chi connectivity index (χ3v) is 3.52. The molecule has 0 saturated carbocycles. The lowest BCUT2D eigenvalue weighted by molar-refractivity contribution is 0.102. The number of alkyl halides is 1. The first kappa shape index (κ1) is 14.1. The molecule has 1 aromatic carbocycles. The van der Waals surface area contributed by atoms with Gasteiger partial charge in [-0.25, -0.2) is 4.79 Å². The maximum absolute atomic E-state index is 12.1. The van der Waals surface area contributed by atoms with Crippen LogP contribution >= 0.6 is 27.5 Å². The predicted molar refractivity (Wildman–Crippen MR) is 79.6 cm³/mol. The van der Waals surface area contributed by atoms with Gasteiger partial charge in [-0.15, -0.1) is 0 Å². The molecule has 0 unspecified atom stereocenters. The number of hydrogen-bond acceptors (Lipinski definition) is 2. The van der Waals surface area contributed by atoms with E-state index in [0.717, 1.165) is 0 Å². The number of benzene rings is 1. The van der Waals surface area contributed by atoms with Gasteiger partial charge in [0.25, 0.3) is 0 Å². The number of nitrogens with zero attached hydrogens (tertiary/aromatic N) is 2. The van der Waals surface area contributed by atoms with Crippen LogP contribution in [-0.4, -0.2) is 40.7 Å². The molecule has 0 atom stereocenters. The van der Waals surface area contributed by atoms with Crippen LogP contribution in [0.3, 0.4) is 0 Å². The summed E-state index contributed by atoms with van der Waals surface area (Å²) in [6, 6.07) is 4.93. The smallest absolute Gasteiger partial charge is 0.328 e. The number of aromatic nitrogens is 1. The number of halogens is 2. The number of rotatable bonds is 2. The van der Waals surface area contributed by atoms with Crippen molar-refractivity contribution in [2.45, 2.75) is 0 Å². The summed E-state index contributed by atoms with van der Waals surface area (Å²) in [6.45, 7) is 0. The highest BCUT2D eigenvalue weighted by molar-refractivity contribution is 9.09. The van der Waals surface area contributed by atoms with E-state index in [0.29, 0.717) is 21.5 Å². The van der Waals surface area contributed by atoms with Crippen LogP contribution in [-0.2, 0) is 0 Å². The van der Waals surface area contributed by atoms with Gasteiger partial charge in [0, 0.05) is 36.3 Å². The topological polar surface area (TPSA) is 42.3 Å². The SMILES string of the molecule is CN(C)C(=O)n1cc(C(=O)CBr)c2cc(Cl)ccc21. The molecule has 1 aromatic heterocycles. The lowest BCUT2D eigenvalue weighted by Crippen LogP contribution is -2.26. The second-order valence-corrected chi connectivity index (χ2v) is 5.31. The number of hydrogen-bond donors (Lipinski definition) is 0. The van der Waals surface area contributed by atoms with Crippen LogP contribution in [0.15, 0.2) is 24.4 Å². The van der Waals surface area contributed by atoms with Gasteiger partial charge in [0.1, 0.15) is 0 Å². The minimum Gasteiger partial charge on any atom is -0.330 e. The Labute approximate surface area is 124 Å². The van der Waals surface area contributed by atoms with Gasteiger partial charge in [-0.05, 0) is 18.2 Å². The molecule has 4 nitrogen and oxygen atoms in total. The molecule has 2 rings (SSSR count). The zero-order valence-corrected chi connectivity index (χ0v) is 12.8. The quantitative estimate of drug-likeness (QED) is 0.619. The molecule has 1 amide bonds. The fourth-order valence-corrected chi connectivity index (χ4v) is 2.34. The maximum atomic E-state index is 12.1. The maximum Gasteiger partial charge on any atom is 0.328 e. The Kier molecular flexibility index (Phi) is 3.96.